The Labute approximate surface area is 111 Å². The minimum absolute atomic E-state index is 0.759. The number of rotatable bonds is 5. The highest BCUT2D eigenvalue weighted by atomic mass is 16.5. The molecule has 2 aliphatic heterocycles. The van der Waals surface area contributed by atoms with Gasteiger partial charge in [0.25, 0.3) is 0 Å². The van der Waals surface area contributed by atoms with Gasteiger partial charge in [-0.2, -0.15) is 0 Å². The Hall–Kier alpha value is -0.160. The van der Waals surface area contributed by atoms with Crippen molar-refractivity contribution in [1.29, 1.82) is 0 Å². The van der Waals surface area contributed by atoms with Gasteiger partial charge in [0.05, 0.1) is 13.2 Å². The molecule has 0 bridgehead atoms. The number of hydrogen-bond acceptors (Lipinski definition) is 4. The number of ether oxygens (including phenoxy) is 1. The van der Waals surface area contributed by atoms with Gasteiger partial charge in [-0.05, 0) is 31.3 Å². The minimum atomic E-state index is 0.759. The molecule has 18 heavy (non-hydrogen) atoms. The lowest BCUT2D eigenvalue weighted by Crippen LogP contribution is -2.47. The molecule has 2 fully saturated rings. The molecule has 2 heterocycles. The number of piperidine rings is 1. The van der Waals surface area contributed by atoms with E-state index in [4.69, 9.17) is 10.5 Å². The maximum absolute atomic E-state index is 5.86. The molecule has 0 aromatic rings. The van der Waals surface area contributed by atoms with E-state index in [1.165, 1.54) is 39.0 Å². The predicted octanol–water partition coefficient (Wildman–Crippen LogP) is 0.625. The fraction of sp³-hybridized carbons (Fsp3) is 1.00. The van der Waals surface area contributed by atoms with Crippen molar-refractivity contribution in [2.75, 3.05) is 59.0 Å². The van der Waals surface area contributed by atoms with E-state index in [1.807, 2.05) is 0 Å². The normalized spacial score (nSPS) is 31.7. The highest BCUT2D eigenvalue weighted by Gasteiger charge is 2.26. The lowest BCUT2D eigenvalue weighted by atomic mass is 9.84. The van der Waals surface area contributed by atoms with Crippen LogP contribution in [0.5, 0.6) is 0 Å². The lowest BCUT2D eigenvalue weighted by molar-refractivity contribution is 0.0282. The van der Waals surface area contributed by atoms with Crippen LogP contribution in [-0.2, 0) is 4.74 Å². The summed E-state index contributed by atoms with van der Waals surface area (Å²) in [5, 5.41) is 0. The van der Waals surface area contributed by atoms with Gasteiger partial charge < -0.3 is 15.4 Å². The molecule has 4 heteroatoms. The van der Waals surface area contributed by atoms with Crippen molar-refractivity contribution in [1.82, 2.24) is 9.80 Å². The van der Waals surface area contributed by atoms with Crippen LogP contribution >= 0.6 is 0 Å². The monoisotopic (exact) mass is 255 g/mol. The molecule has 0 amide bonds. The van der Waals surface area contributed by atoms with E-state index in [2.05, 4.69) is 16.7 Å². The van der Waals surface area contributed by atoms with Gasteiger partial charge in [-0.1, -0.05) is 13.3 Å². The van der Waals surface area contributed by atoms with Crippen LogP contribution < -0.4 is 5.73 Å². The Bertz CT molecular complexity index is 231. The van der Waals surface area contributed by atoms with Gasteiger partial charge in [-0.15, -0.1) is 0 Å². The minimum Gasteiger partial charge on any atom is -0.379 e. The van der Waals surface area contributed by atoms with Gasteiger partial charge in [0, 0.05) is 32.7 Å². The molecule has 0 aliphatic carbocycles. The molecule has 4 nitrogen and oxygen atoms in total. The van der Waals surface area contributed by atoms with Crippen molar-refractivity contribution < 1.29 is 4.74 Å². The summed E-state index contributed by atoms with van der Waals surface area (Å²) in [4.78, 5) is 5.16. The second-order valence-electron chi connectivity index (χ2n) is 5.71. The Balaban J connectivity index is 1.70. The van der Waals surface area contributed by atoms with Gasteiger partial charge in [0.15, 0.2) is 0 Å². The predicted molar refractivity (Wildman–Crippen MR) is 74.6 cm³/mol. The fourth-order valence-corrected chi connectivity index (χ4v) is 3.24. The van der Waals surface area contributed by atoms with Crippen LogP contribution in [0.4, 0.5) is 0 Å². The molecule has 2 rings (SSSR count). The molecule has 2 unspecified atom stereocenters. The molecule has 2 N–H and O–H groups in total. The van der Waals surface area contributed by atoms with Crippen LogP contribution in [0.2, 0.25) is 0 Å². The first-order chi connectivity index (χ1) is 8.83. The van der Waals surface area contributed by atoms with Gasteiger partial charge in [-0.3, -0.25) is 4.90 Å². The largest absolute Gasteiger partial charge is 0.379 e. The molecule has 0 aromatic carbocycles. The van der Waals surface area contributed by atoms with Crippen LogP contribution in [0.1, 0.15) is 19.8 Å². The van der Waals surface area contributed by atoms with E-state index in [0.717, 1.165) is 44.7 Å². The Morgan fingerprint density at radius 2 is 1.78 bits per heavy atom. The van der Waals surface area contributed by atoms with Crippen molar-refractivity contribution >= 4 is 0 Å². The van der Waals surface area contributed by atoms with Crippen LogP contribution in [-0.4, -0.2) is 68.8 Å². The number of morpholine rings is 1. The van der Waals surface area contributed by atoms with Crippen molar-refractivity contribution in [3.05, 3.63) is 0 Å². The first-order valence-electron chi connectivity index (χ1n) is 7.56. The van der Waals surface area contributed by atoms with E-state index in [9.17, 15) is 0 Å². The zero-order valence-electron chi connectivity index (χ0n) is 11.8. The Morgan fingerprint density at radius 1 is 1.06 bits per heavy atom. The first kappa shape index (κ1) is 14.3. The fourth-order valence-electron chi connectivity index (χ4n) is 3.24. The summed E-state index contributed by atoms with van der Waals surface area (Å²) in [5.74, 6) is 1.57. The Morgan fingerprint density at radius 3 is 2.44 bits per heavy atom. The van der Waals surface area contributed by atoms with Gasteiger partial charge in [-0.25, -0.2) is 0 Å². The van der Waals surface area contributed by atoms with Crippen molar-refractivity contribution in [2.24, 2.45) is 17.6 Å². The molecular weight excluding hydrogens is 226 g/mol. The summed E-state index contributed by atoms with van der Waals surface area (Å²) in [6, 6.07) is 0. The summed E-state index contributed by atoms with van der Waals surface area (Å²) in [5.41, 5.74) is 5.86. The second-order valence-corrected chi connectivity index (χ2v) is 5.71. The average Bonchev–Trinajstić information content (AvgIpc) is 2.45. The summed E-state index contributed by atoms with van der Waals surface area (Å²) in [7, 11) is 0. The average molecular weight is 255 g/mol. The van der Waals surface area contributed by atoms with E-state index in [1.54, 1.807) is 0 Å². The summed E-state index contributed by atoms with van der Waals surface area (Å²) in [6.07, 6.45) is 2.56. The van der Waals surface area contributed by atoms with Gasteiger partial charge in [0.2, 0.25) is 0 Å². The smallest absolute Gasteiger partial charge is 0.0594 e. The highest BCUT2D eigenvalue weighted by Crippen LogP contribution is 2.25. The van der Waals surface area contributed by atoms with Crippen LogP contribution in [0.15, 0.2) is 0 Å². The van der Waals surface area contributed by atoms with Crippen molar-refractivity contribution in [2.45, 2.75) is 19.8 Å². The van der Waals surface area contributed by atoms with Crippen molar-refractivity contribution in [3.63, 3.8) is 0 Å². The quantitative estimate of drug-likeness (QED) is 0.782. The van der Waals surface area contributed by atoms with Gasteiger partial charge in [0.1, 0.15) is 0 Å². The number of likely N-dealkylation sites (tertiary alicyclic amines) is 1. The summed E-state index contributed by atoms with van der Waals surface area (Å²) >= 11 is 0. The molecule has 0 spiro atoms. The van der Waals surface area contributed by atoms with E-state index in [-0.39, 0.29) is 0 Å². The Kier molecular flexibility index (Phi) is 5.89. The van der Waals surface area contributed by atoms with E-state index >= 15 is 0 Å². The molecule has 2 saturated heterocycles. The lowest BCUT2D eigenvalue weighted by Gasteiger charge is -2.39. The molecule has 0 radical (unpaired) electrons. The number of nitrogens with zero attached hydrogens (tertiary/aromatic N) is 2. The maximum Gasteiger partial charge on any atom is 0.0594 e. The molecule has 106 valence electrons. The van der Waals surface area contributed by atoms with E-state index in [0.29, 0.717) is 0 Å². The standard InChI is InChI=1S/C14H29N3O/c1-2-13-12-17(4-3-14(13)11-15)6-5-16-7-9-18-10-8-16/h13-14H,2-12,15H2,1H3. The number of nitrogens with two attached hydrogens (primary N) is 1. The zero-order chi connectivity index (χ0) is 12.8. The topological polar surface area (TPSA) is 41.7 Å². The van der Waals surface area contributed by atoms with E-state index < -0.39 is 0 Å². The molecule has 0 saturated carbocycles. The van der Waals surface area contributed by atoms with Gasteiger partial charge >= 0.3 is 0 Å². The van der Waals surface area contributed by atoms with Crippen LogP contribution in [0, 0.1) is 11.8 Å². The second kappa shape index (κ2) is 7.43. The third kappa shape index (κ3) is 3.92. The third-order valence-electron chi connectivity index (χ3n) is 4.64. The summed E-state index contributed by atoms with van der Waals surface area (Å²) < 4.78 is 5.39. The first-order valence-corrected chi connectivity index (χ1v) is 7.56. The molecule has 0 aromatic heterocycles. The zero-order valence-corrected chi connectivity index (χ0v) is 11.8. The highest BCUT2D eigenvalue weighted by molar-refractivity contribution is 4.81. The third-order valence-corrected chi connectivity index (χ3v) is 4.64. The van der Waals surface area contributed by atoms with Crippen molar-refractivity contribution in [3.8, 4) is 0 Å². The van der Waals surface area contributed by atoms with Crippen LogP contribution in [0.3, 0.4) is 0 Å². The molecular formula is C14H29N3O. The number of hydrogen-bond donors (Lipinski definition) is 1. The van der Waals surface area contributed by atoms with Crippen LogP contribution in [0.25, 0.3) is 0 Å². The molecule has 2 aliphatic rings. The molecule has 2 atom stereocenters. The summed E-state index contributed by atoms with van der Waals surface area (Å²) in [6.45, 7) is 12.1. The SMILES string of the molecule is CCC1CN(CCN2CCOCC2)CCC1CN. The maximum atomic E-state index is 5.86.